The van der Waals surface area contributed by atoms with E-state index in [1.807, 2.05) is 73.7 Å². The lowest BCUT2D eigenvalue weighted by Crippen LogP contribution is -2.37. The van der Waals surface area contributed by atoms with E-state index in [-0.39, 0.29) is 5.91 Å². The van der Waals surface area contributed by atoms with E-state index >= 15 is 0 Å². The predicted octanol–water partition coefficient (Wildman–Crippen LogP) is 6.44. The monoisotopic (exact) mass is 488 g/mol. The summed E-state index contributed by atoms with van der Waals surface area (Å²) < 4.78 is 6.30. The van der Waals surface area contributed by atoms with Crippen LogP contribution in [0.3, 0.4) is 0 Å². The number of hydrogen-bond donors (Lipinski definition) is 1. The van der Waals surface area contributed by atoms with Gasteiger partial charge in [0, 0.05) is 16.1 Å². The highest BCUT2D eigenvalue weighted by Gasteiger charge is 2.34. The Morgan fingerprint density at radius 2 is 1.56 bits per heavy atom. The van der Waals surface area contributed by atoms with Crippen LogP contribution in [-0.2, 0) is 17.6 Å². The van der Waals surface area contributed by atoms with Gasteiger partial charge in [0.05, 0.1) is 23.7 Å². The topological polar surface area (TPSA) is 51.2 Å². The van der Waals surface area contributed by atoms with Crippen molar-refractivity contribution in [1.29, 1.82) is 0 Å². The van der Waals surface area contributed by atoms with E-state index in [1.54, 1.807) is 13.3 Å². The summed E-state index contributed by atoms with van der Waals surface area (Å²) in [6, 6.07) is 25.8. The molecular weight excluding hydrogens is 464 g/mol. The van der Waals surface area contributed by atoms with Gasteiger partial charge in [-0.15, -0.1) is 0 Å². The molecule has 0 spiro atoms. The summed E-state index contributed by atoms with van der Waals surface area (Å²) in [6.45, 7) is 2.02. The molecule has 1 N–H and O–H groups in total. The van der Waals surface area contributed by atoms with Crippen molar-refractivity contribution >= 4 is 38.4 Å². The standard InChI is InChI=1S/C27H25BrN2O2/c1-27(17-19-8-12-22(28)13-9-19,18-20-10-14-23(32-2)15-11-20)26(31)30-24-7-3-5-21-6-4-16-29-25(21)24/h3-16H,17-18H2,1-2H3,(H,30,31). The number of rotatable bonds is 7. The van der Waals surface area contributed by atoms with Crippen molar-refractivity contribution in [3.63, 3.8) is 0 Å². The maximum absolute atomic E-state index is 13.7. The normalized spacial score (nSPS) is 12.8. The second-order valence-corrected chi connectivity index (χ2v) is 9.14. The smallest absolute Gasteiger partial charge is 0.231 e. The first-order valence-electron chi connectivity index (χ1n) is 10.5. The van der Waals surface area contributed by atoms with Crippen molar-refractivity contribution in [3.05, 3.63) is 101 Å². The third-order valence-corrected chi connectivity index (χ3v) is 6.22. The van der Waals surface area contributed by atoms with Crippen molar-refractivity contribution in [2.24, 2.45) is 5.41 Å². The Hall–Kier alpha value is -3.18. The Balaban J connectivity index is 1.66. The molecule has 1 unspecified atom stereocenters. The van der Waals surface area contributed by atoms with Crippen molar-refractivity contribution < 1.29 is 9.53 Å². The van der Waals surface area contributed by atoms with Crippen molar-refractivity contribution in [3.8, 4) is 5.75 Å². The fourth-order valence-electron chi connectivity index (χ4n) is 3.95. The van der Waals surface area contributed by atoms with E-state index in [2.05, 4.69) is 38.4 Å². The van der Waals surface area contributed by atoms with E-state index in [0.29, 0.717) is 12.8 Å². The number of amides is 1. The second-order valence-electron chi connectivity index (χ2n) is 8.22. The summed E-state index contributed by atoms with van der Waals surface area (Å²) in [7, 11) is 1.65. The molecule has 0 saturated heterocycles. The number of fused-ring (bicyclic) bond motifs is 1. The predicted molar refractivity (Wildman–Crippen MR) is 133 cm³/mol. The molecule has 32 heavy (non-hydrogen) atoms. The summed E-state index contributed by atoms with van der Waals surface area (Å²) >= 11 is 3.49. The molecule has 0 aliphatic rings. The van der Waals surface area contributed by atoms with Crippen LogP contribution >= 0.6 is 15.9 Å². The van der Waals surface area contributed by atoms with Gasteiger partial charge in [0.1, 0.15) is 5.75 Å². The molecule has 0 bridgehead atoms. The molecule has 0 aliphatic carbocycles. The Kier molecular flexibility index (Phi) is 6.56. The first-order valence-corrected chi connectivity index (χ1v) is 11.3. The zero-order chi connectivity index (χ0) is 22.6. The van der Waals surface area contributed by atoms with Crippen LogP contribution in [-0.4, -0.2) is 18.0 Å². The molecule has 0 fully saturated rings. The molecule has 1 amide bonds. The van der Waals surface area contributed by atoms with Crippen LogP contribution in [0.5, 0.6) is 5.75 Å². The molecule has 1 atom stereocenters. The molecule has 4 rings (SSSR count). The average molecular weight is 489 g/mol. The van der Waals surface area contributed by atoms with Crippen LogP contribution in [0.1, 0.15) is 18.1 Å². The number of hydrogen-bond acceptors (Lipinski definition) is 3. The molecule has 5 heteroatoms. The molecule has 4 nitrogen and oxygen atoms in total. The number of carbonyl (C=O) groups is 1. The molecule has 1 heterocycles. The summed E-state index contributed by atoms with van der Waals surface area (Å²) in [6.07, 6.45) is 2.95. The number of anilines is 1. The minimum atomic E-state index is -0.667. The maximum Gasteiger partial charge on any atom is 0.231 e. The molecule has 0 saturated carbocycles. The van der Waals surface area contributed by atoms with E-state index < -0.39 is 5.41 Å². The van der Waals surface area contributed by atoms with Gasteiger partial charge in [0.2, 0.25) is 5.91 Å². The SMILES string of the molecule is COc1ccc(CC(C)(Cc2ccc(Br)cc2)C(=O)Nc2cccc3cccnc23)cc1. The van der Waals surface area contributed by atoms with Gasteiger partial charge in [-0.2, -0.15) is 0 Å². The Bertz CT molecular complexity index is 1220. The van der Waals surface area contributed by atoms with E-state index in [4.69, 9.17) is 4.74 Å². The number of aromatic nitrogens is 1. The number of nitrogens with one attached hydrogen (secondary N) is 1. The van der Waals surface area contributed by atoms with Crippen LogP contribution in [0.15, 0.2) is 89.5 Å². The fourth-order valence-corrected chi connectivity index (χ4v) is 4.21. The highest BCUT2D eigenvalue weighted by atomic mass is 79.9. The number of para-hydroxylation sites is 1. The average Bonchev–Trinajstić information content (AvgIpc) is 2.81. The first-order chi connectivity index (χ1) is 15.5. The minimum absolute atomic E-state index is 0.0330. The van der Waals surface area contributed by atoms with Gasteiger partial charge < -0.3 is 10.1 Å². The van der Waals surface area contributed by atoms with E-state index in [1.165, 1.54) is 0 Å². The van der Waals surface area contributed by atoms with Crippen molar-refractivity contribution in [1.82, 2.24) is 4.98 Å². The van der Waals surface area contributed by atoms with Crippen LogP contribution in [0.4, 0.5) is 5.69 Å². The lowest BCUT2D eigenvalue weighted by atomic mass is 9.77. The van der Waals surface area contributed by atoms with Crippen LogP contribution in [0.25, 0.3) is 10.9 Å². The minimum Gasteiger partial charge on any atom is -0.497 e. The summed E-state index contributed by atoms with van der Waals surface area (Å²) in [5.74, 6) is 0.768. The van der Waals surface area contributed by atoms with Gasteiger partial charge in [-0.25, -0.2) is 0 Å². The molecular formula is C27H25BrN2O2. The Morgan fingerprint density at radius 3 is 2.22 bits per heavy atom. The lowest BCUT2D eigenvalue weighted by Gasteiger charge is -2.29. The zero-order valence-electron chi connectivity index (χ0n) is 18.1. The number of pyridine rings is 1. The summed E-state index contributed by atoms with van der Waals surface area (Å²) in [4.78, 5) is 18.2. The molecule has 4 aromatic rings. The second kappa shape index (κ2) is 9.53. The summed E-state index contributed by atoms with van der Waals surface area (Å²) in [5, 5.41) is 4.16. The molecule has 162 valence electrons. The number of carbonyl (C=O) groups excluding carboxylic acids is 1. The number of halogens is 1. The number of methoxy groups -OCH3 is 1. The third kappa shape index (κ3) is 5.00. The molecule has 0 aliphatic heterocycles. The number of nitrogens with zero attached hydrogens (tertiary/aromatic N) is 1. The van der Waals surface area contributed by atoms with Crippen molar-refractivity contribution in [2.75, 3.05) is 12.4 Å². The molecule has 1 aromatic heterocycles. The number of benzene rings is 3. The lowest BCUT2D eigenvalue weighted by molar-refractivity contribution is -0.124. The first kappa shape index (κ1) is 22.0. The Labute approximate surface area is 196 Å². The summed E-state index contributed by atoms with van der Waals surface area (Å²) in [5.41, 5.74) is 3.04. The molecule has 0 radical (unpaired) electrons. The van der Waals surface area contributed by atoms with Gasteiger partial charge in [-0.05, 0) is 60.4 Å². The Morgan fingerprint density at radius 1 is 0.938 bits per heavy atom. The van der Waals surface area contributed by atoms with Gasteiger partial charge >= 0.3 is 0 Å². The fraction of sp³-hybridized carbons (Fsp3) is 0.185. The zero-order valence-corrected chi connectivity index (χ0v) is 19.7. The van der Waals surface area contributed by atoms with Crippen LogP contribution < -0.4 is 10.1 Å². The highest BCUT2D eigenvalue weighted by Crippen LogP contribution is 2.32. The maximum atomic E-state index is 13.7. The largest absolute Gasteiger partial charge is 0.497 e. The molecule has 3 aromatic carbocycles. The van der Waals surface area contributed by atoms with Crippen molar-refractivity contribution in [2.45, 2.75) is 19.8 Å². The highest BCUT2D eigenvalue weighted by molar-refractivity contribution is 9.10. The quantitative estimate of drug-likeness (QED) is 0.325. The number of ether oxygens (including phenoxy) is 1. The van der Waals surface area contributed by atoms with Crippen LogP contribution in [0.2, 0.25) is 0 Å². The van der Waals surface area contributed by atoms with Gasteiger partial charge in [0.25, 0.3) is 0 Å². The van der Waals surface area contributed by atoms with E-state index in [0.717, 1.165) is 37.9 Å². The van der Waals surface area contributed by atoms with E-state index in [9.17, 15) is 4.79 Å². The van der Waals surface area contributed by atoms with Gasteiger partial charge in [0.15, 0.2) is 0 Å². The van der Waals surface area contributed by atoms with Gasteiger partial charge in [-0.1, -0.05) is 65.3 Å². The van der Waals surface area contributed by atoms with Gasteiger partial charge in [-0.3, -0.25) is 9.78 Å². The van der Waals surface area contributed by atoms with Crippen LogP contribution in [0, 0.1) is 5.41 Å². The third-order valence-electron chi connectivity index (χ3n) is 5.69.